The van der Waals surface area contributed by atoms with Crippen molar-refractivity contribution in [1.29, 1.82) is 0 Å². The molecular formula is C11H24N4O3S. The van der Waals surface area contributed by atoms with Crippen LogP contribution in [0.1, 0.15) is 19.3 Å². The van der Waals surface area contributed by atoms with Crippen LogP contribution < -0.4 is 5.73 Å². The summed E-state index contributed by atoms with van der Waals surface area (Å²) in [6.45, 7) is 2.16. The topological polar surface area (TPSA) is 87.0 Å². The molecule has 2 N–H and O–H groups in total. The van der Waals surface area contributed by atoms with Gasteiger partial charge in [0.05, 0.1) is 6.54 Å². The van der Waals surface area contributed by atoms with E-state index in [1.807, 2.05) is 0 Å². The second-order valence-electron chi connectivity index (χ2n) is 4.82. The Hall–Kier alpha value is -0.700. The molecule has 1 aliphatic heterocycles. The number of likely N-dealkylation sites (N-methyl/N-ethyl adjacent to an activating group) is 1. The van der Waals surface area contributed by atoms with Crippen LogP contribution in [-0.4, -0.2) is 74.7 Å². The Bertz CT molecular complexity index is 393. The van der Waals surface area contributed by atoms with Gasteiger partial charge in [-0.05, 0) is 25.8 Å². The van der Waals surface area contributed by atoms with Gasteiger partial charge in [0.15, 0.2) is 0 Å². The van der Waals surface area contributed by atoms with Gasteiger partial charge in [0, 0.05) is 33.7 Å². The Morgan fingerprint density at radius 2 is 1.79 bits per heavy atom. The summed E-state index contributed by atoms with van der Waals surface area (Å²) in [4.78, 5) is 13.6. The minimum atomic E-state index is -3.57. The zero-order chi connectivity index (χ0) is 14.5. The summed E-state index contributed by atoms with van der Waals surface area (Å²) in [6.07, 6.45) is 2.60. The van der Waals surface area contributed by atoms with Crippen molar-refractivity contribution in [3.05, 3.63) is 0 Å². The summed E-state index contributed by atoms with van der Waals surface area (Å²) in [5, 5.41) is 0. The molecule has 1 aliphatic rings. The monoisotopic (exact) mass is 292 g/mol. The summed E-state index contributed by atoms with van der Waals surface area (Å²) in [5.74, 6) is -0.129. The molecule has 1 heterocycles. The third kappa shape index (κ3) is 4.41. The lowest BCUT2D eigenvalue weighted by atomic mass is 10.4. The molecule has 19 heavy (non-hydrogen) atoms. The lowest BCUT2D eigenvalue weighted by Crippen LogP contribution is -2.45. The summed E-state index contributed by atoms with van der Waals surface area (Å²) >= 11 is 0. The number of likely N-dealkylation sites (tertiary alicyclic amines) is 1. The summed E-state index contributed by atoms with van der Waals surface area (Å²) in [5.41, 5.74) is 5.36. The molecule has 0 aliphatic carbocycles. The molecule has 1 fully saturated rings. The highest BCUT2D eigenvalue weighted by Crippen LogP contribution is 2.10. The second kappa shape index (κ2) is 7.18. The molecule has 0 unspecified atom stereocenters. The standard InChI is InChI=1S/C11H24N4O3S/c1-13(7-5-6-12)19(17,18)14(2)10-11(16)15-8-3-4-9-15/h3-10,12H2,1-2H3. The quantitative estimate of drug-likeness (QED) is 0.656. The molecule has 0 aromatic rings. The molecule has 0 saturated carbocycles. The highest BCUT2D eigenvalue weighted by atomic mass is 32.2. The van der Waals surface area contributed by atoms with Crippen molar-refractivity contribution in [2.45, 2.75) is 19.3 Å². The Labute approximate surface area is 115 Å². The van der Waals surface area contributed by atoms with Gasteiger partial charge in [-0.25, -0.2) is 0 Å². The molecule has 0 aromatic carbocycles. The number of carbonyl (C=O) groups excluding carboxylic acids is 1. The number of rotatable bonds is 7. The van der Waals surface area contributed by atoms with Crippen LogP contribution in [0.25, 0.3) is 0 Å². The fraction of sp³-hybridized carbons (Fsp3) is 0.909. The fourth-order valence-electron chi connectivity index (χ4n) is 2.01. The van der Waals surface area contributed by atoms with Crippen LogP contribution in [0.5, 0.6) is 0 Å². The molecule has 1 rings (SSSR count). The molecule has 0 aromatic heterocycles. The first-order chi connectivity index (χ1) is 8.89. The smallest absolute Gasteiger partial charge is 0.281 e. The van der Waals surface area contributed by atoms with Gasteiger partial charge in [-0.3, -0.25) is 4.79 Å². The zero-order valence-electron chi connectivity index (χ0n) is 11.7. The van der Waals surface area contributed by atoms with Crippen molar-refractivity contribution in [3.63, 3.8) is 0 Å². The van der Waals surface area contributed by atoms with E-state index in [1.165, 1.54) is 18.4 Å². The Morgan fingerprint density at radius 3 is 2.32 bits per heavy atom. The van der Waals surface area contributed by atoms with Crippen molar-refractivity contribution in [2.24, 2.45) is 5.73 Å². The maximum absolute atomic E-state index is 12.1. The number of carbonyl (C=O) groups is 1. The largest absolute Gasteiger partial charge is 0.342 e. The average Bonchev–Trinajstić information content (AvgIpc) is 2.89. The summed E-state index contributed by atoms with van der Waals surface area (Å²) in [7, 11) is -0.638. The number of nitrogens with two attached hydrogens (primary N) is 1. The number of hydrogen-bond acceptors (Lipinski definition) is 4. The average molecular weight is 292 g/mol. The minimum absolute atomic E-state index is 0.102. The third-order valence-corrected chi connectivity index (χ3v) is 5.17. The molecule has 0 atom stereocenters. The maximum Gasteiger partial charge on any atom is 0.281 e. The van der Waals surface area contributed by atoms with Crippen LogP contribution in [0.15, 0.2) is 0 Å². The maximum atomic E-state index is 12.1. The van der Waals surface area contributed by atoms with E-state index < -0.39 is 10.2 Å². The first-order valence-corrected chi connectivity index (χ1v) is 7.94. The van der Waals surface area contributed by atoms with E-state index in [4.69, 9.17) is 5.73 Å². The zero-order valence-corrected chi connectivity index (χ0v) is 12.5. The van der Waals surface area contributed by atoms with Crippen LogP contribution in [0, 0.1) is 0 Å². The van der Waals surface area contributed by atoms with E-state index in [0.717, 1.165) is 30.2 Å². The van der Waals surface area contributed by atoms with Gasteiger partial charge < -0.3 is 10.6 Å². The van der Waals surface area contributed by atoms with Gasteiger partial charge in [-0.1, -0.05) is 0 Å². The second-order valence-corrected chi connectivity index (χ2v) is 6.96. The molecular weight excluding hydrogens is 268 g/mol. The molecule has 0 bridgehead atoms. The predicted octanol–water partition coefficient (Wildman–Crippen LogP) is -0.934. The Balaban J connectivity index is 2.54. The van der Waals surface area contributed by atoms with E-state index in [-0.39, 0.29) is 12.5 Å². The van der Waals surface area contributed by atoms with Crippen LogP contribution in [0.3, 0.4) is 0 Å². The van der Waals surface area contributed by atoms with Crippen molar-refractivity contribution < 1.29 is 13.2 Å². The molecule has 1 amide bonds. The molecule has 0 radical (unpaired) electrons. The minimum Gasteiger partial charge on any atom is -0.342 e. The SMILES string of the molecule is CN(CCCN)S(=O)(=O)N(C)CC(=O)N1CCCC1. The predicted molar refractivity (Wildman–Crippen MR) is 73.7 cm³/mol. The van der Waals surface area contributed by atoms with Crippen molar-refractivity contribution >= 4 is 16.1 Å². The fourth-order valence-corrected chi connectivity index (χ4v) is 3.12. The van der Waals surface area contributed by atoms with E-state index >= 15 is 0 Å². The van der Waals surface area contributed by atoms with Crippen molar-refractivity contribution in [3.8, 4) is 0 Å². The van der Waals surface area contributed by atoms with Crippen LogP contribution in [0.4, 0.5) is 0 Å². The van der Waals surface area contributed by atoms with Crippen LogP contribution >= 0.6 is 0 Å². The van der Waals surface area contributed by atoms with Gasteiger partial charge in [0.1, 0.15) is 0 Å². The molecule has 112 valence electrons. The van der Waals surface area contributed by atoms with Gasteiger partial charge in [0.25, 0.3) is 10.2 Å². The van der Waals surface area contributed by atoms with Gasteiger partial charge >= 0.3 is 0 Å². The van der Waals surface area contributed by atoms with E-state index in [2.05, 4.69) is 0 Å². The first kappa shape index (κ1) is 16.4. The molecule has 8 heteroatoms. The normalized spacial score (nSPS) is 16.6. The summed E-state index contributed by atoms with van der Waals surface area (Å²) in [6, 6.07) is 0. The van der Waals surface area contributed by atoms with Crippen LogP contribution in [-0.2, 0) is 15.0 Å². The van der Waals surface area contributed by atoms with Crippen LogP contribution in [0.2, 0.25) is 0 Å². The van der Waals surface area contributed by atoms with E-state index in [0.29, 0.717) is 19.5 Å². The van der Waals surface area contributed by atoms with E-state index in [9.17, 15) is 13.2 Å². The molecule has 1 saturated heterocycles. The van der Waals surface area contributed by atoms with Gasteiger partial charge in [-0.2, -0.15) is 17.0 Å². The number of hydrogen-bond donors (Lipinski definition) is 1. The van der Waals surface area contributed by atoms with Crippen molar-refractivity contribution in [1.82, 2.24) is 13.5 Å². The lowest BCUT2D eigenvalue weighted by Gasteiger charge is -2.25. The highest BCUT2D eigenvalue weighted by molar-refractivity contribution is 7.86. The Kier molecular flexibility index (Phi) is 6.18. The Morgan fingerprint density at radius 1 is 1.21 bits per heavy atom. The first-order valence-electron chi connectivity index (χ1n) is 6.55. The molecule has 7 nitrogen and oxygen atoms in total. The van der Waals surface area contributed by atoms with Gasteiger partial charge in [0.2, 0.25) is 5.91 Å². The number of amides is 1. The molecule has 0 spiro atoms. The third-order valence-electron chi connectivity index (χ3n) is 3.28. The highest BCUT2D eigenvalue weighted by Gasteiger charge is 2.27. The lowest BCUT2D eigenvalue weighted by molar-refractivity contribution is -0.130. The summed E-state index contributed by atoms with van der Waals surface area (Å²) < 4.78 is 26.6. The number of nitrogens with zero attached hydrogens (tertiary/aromatic N) is 3. The van der Waals surface area contributed by atoms with Crippen molar-refractivity contribution in [2.75, 3.05) is 46.8 Å². The van der Waals surface area contributed by atoms with E-state index in [1.54, 1.807) is 4.90 Å². The van der Waals surface area contributed by atoms with Gasteiger partial charge in [-0.15, -0.1) is 0 Å².